The molecule has 4 heteroatoms. The first-order valence-corrected chi connectivity index (χ1v) is 11.2. The molecule has 1 amide bonds. The highest BCUT2D eigenvalue weighted by Crippen LogP contribution is 2.44. The fourth-order valence-corrected chi connectivity index (χ4v) is 4.90. The van der Waals surface area contributed by atoms with Gasteiger partial charge < -0.3 is 0 Å². The minimum atomic E-state index is -0.0602. The summed E-state index contributed by atoms with van der Waals surface area (Å²) in [6, 6.07) is 35.8. The van der Waals surface area contributed by atoms with Crippen LogP contribution in [0.5, 0.6) is 0 Å². The molecule has 1 aliphatic rings. The molecule has 33 heavy (non-hydrogen) atoms. The van der Waals surface area contributed by atoms with Gasteiger partial charge in [0.05, 0.1) is 16.8 Å². The Morgan fingerprint density at radius 3 is 2.03 bits per heavy atom. The molecule has 0 aliphatic carbocycles. The molecule has 0 N–H and O–H groups in total. The van der Waals surface area contributed by atoms with Gasteiger partial charge in [-0.1, -0.05) is 84.4 Å². The van der Waals surface area contributed by atoms with Crippen LogP contribution in [0.25, 0.3) is 28.2 Å². The van der Waals surface area contributed by atoms with Crippen LogP contribution >= 0.6 is 11.6 Å². The fraction of sp³-hybridized carbons (Fsp3) is 0. The molecule has 0 radical (unpaired) electrons. The number of carbonyl (C=O) groups is 1. The molecule has 0 bridgehead atoms. The highest BCUT2D eigenvalue weighted by Gasteiger charge is 2.33. The third kappa shape index (κ3) is 3.09. The van der Waals surface area contributed by atoms with Crippen LogP contribution < -0.4 is 4.90 Å². The number of anilines is 2. The van der Waals surface area contributed by atoms with E-state index >= 15 is 0 Å². The number of halogens is 1. The summed E-state index contributed by atoms with van der Waals surface area (Å²) in [5.74, 6) is -0.0602. The van der Waals surface area contributed by atoms with E-state index in [-0.39, 0.29) is 5.91 Å². The van der Waals surface area contributed by atoms with Crippen molar-refractivity contribution in [3.05, 3.63) is 125 Å². The number of rotatable bonds is 3. The first-order chi connectivity index (χ1) is 16.2. The van der Waals surface area contributed by atoms with Gasteiger partial charge in [0, 0.05) is 27.9 Å². The van der Waals surface area contributed by atoms with E-state index in [9.17, 15) is 4.79 Å². The fourth-order valence-electron chi connectivity index (χ4n) is 4.56. The summed E-state index contributed by atoms with van der Waals surface area (Å²) in [4.78, 5) is 15.5. The van der Waals surface area contributed by atoms with Crippen molar-refractivity contribution in [2.75, 3.05) is 4.90 Å². The molecule has 1 aliphatic heterocycles. The first kappa shape index (κ1) is 19.6. The Morgan fingerprint density at radius 1 is 0.667 bits per heavy atom. The van der Waals surface area contributed by atoms with Gasteiger partial charge in [-0.25, -0.2) is 0 Å². The quantitative estimate of drug-likeness (QED) is 0.263. The average Bonchev–Trinajstić information content (AvgIpc) is 3.31. The zero-order valence-corrected chi connectivity index (χ0v) is 18.4. The predicted molar refractivity (Wildman–Crippen MR) is 136 cm³/mol. The van der Waals surface area contributed by atoms with Crippen LogP contribution in [0.15, 0.2) is 109 Å². The van der Waals surface area contributed by atoms with Crippen molar-refractivity contribution in [2.24, 2.45) is 0 Å². The second-order valence-electron chi connectivity index (χ2n) is 7.94. The number of nitrogens with zero attached hydrogens (tertiary/aromatic N) is 2. The molecule has 0 saturated carbocycles. The SMILES string of the molecule is O=C1/C(=C/c2c(Cl)n(-c3ccccc3)c3ccccc23)c2ccccc2N1c1ccccc1. The first-order valence-electron chi connectivity index (χ1n) is 10.8. The van der Waals surface area contributed by atoms with Gasteiger partial charge in [0.15, 0.2) is 0 Å². The van der Waals surface area contributed by atoms with Crippen LogP contribution in [0.4, 0.5) is 11.4 Å². The topological polar surface area (TPSA) is 25.2 Å². The molecule has 0 saturated heterocycles. The number of para-hydroxylation sites is 4. The summed E-state index contributed by atoms with van der Waals surface area (Å²) < 4.78 is 2.03. The maximum Gasteiger partial charge on any atom is 0.263 e. The summed E-state index contributed by atoms with van der Waals surface area (Å²) in [7, 11) is 0. The molecule has 1 aromatic heterocycles. The standard InChI is InChI=1S/C29H19ClN2O/c30-28-24(22-15-7-9-17-26(22)31(28)20-11-3-1-4-12-20)19-25-23-16-8-10-18-27(23)32(29(25)33)21-13-5-2-6-14-21/h1-19H/b25-19+. The number of carbonyl (C=O) groups excluding carboxylic acids is 1. The van der Waals surface area contributed by atoms with E-state index in [0.29, 0.717) is 10.7 Å². The van der Waals surface area contributed by atoms with Gasteiger partial charge in [-0.3, -0.25) is 14.3 Å². The molecular formula is C29H19ClN2O. The molecule has 0 unspecified atom stereocenters. The van der Waals surface area contributed by atoms with Crippen LogP contribution in [0.2, 0.25) is 5.15 Å². The van der Waals surface area contributed by atoms with Gasteiger partial charge in [-0.2, -0.15) is 0 Å². The summed E-state index contributed by atoms with van der Waals surface area (Å²) >= 11 is 6.99. The van der Waals surface area contributed by atoms with Crippen LogP contribution in [-0.4, -0.2) is 10.5 Å². The second-order valence-corrected chi connectivity index (χ2v) is 8.30. The molecule has 0 fully saturated rings. The van der Waals surface area contributed by atoms with Crippen LogP contribution in [-0.2, 0) is 4.79 Å². The lowest BCUT2D eigenvalue weighted by Gasteiger charge is -2.16. The molecule has 0 spiro atoms. The zero-order chi connectivity index (χ0) is 22.4. The van der Waals surface area contributed by atoms with E-state index in [4.69, 9.17) is 11.6 Å². The van der Waals surface area contributed by atoms with Crippen molar-refractivity contribution in [3.8, 4) is 5.69 Å². The Kier molecular flexibility index (Phi) is 4.63. The van der Waals surface area contributed by atoms with Crippen molar-refractivity contribution < 1.29 is 4.79 Å². The van der Waals surface area contributed by atoms with E-state index in [1.54, 1.807) is 4.90 Å². The third-order valence-electron chi connectivity index (χ3n) is 6.04. The van der Waals surface area contributed by atoms with E-state index in [2.05, 4.69) is 6.07 Å². The lowest BCUT2D eigenvalue weighted by atomic mass is 10.0. The van der Waals surface area contributed by atoms with E-state index in [1.165, 1.54) is 0 Å². The van der Waals surface area contributed by atoms with Crippen molar-refractivity contribution in [2.45, 2.75) is 0 Å². The molecule has 3 nitrogen and oxygen atoms in total. The van der Waals surface area contributed by atoms with Gasteiger partial charge in [0.1, 0.15) is 5.15 Å². The average molecular weight is 447 g/mol. The highest BCUT2D eigenvalue weighted by molar-refractivity contribution is 6.40. The summed E-state index contributed by atoms with van der Waals surface area (Å²) in [6.45, 7) is 0. The highest BCUT2D eigenvalue weighted by atomic mass is 35.5. The molecular weight excluding hydrogens is 428 g/mol. The third-order valence-corrected chi connectivity index (χ3v) is 6.41. The lowest BCUT2D eigenvalue weighted by Crippen LogP contribution is -2.20. The number of amides is 1. The Bertz CT molecular complexity index is 1530. The molecule has 158 valence electrons. The smallest absolute Gasteiger partial charge is 0.263 e. The maximum absolute atomic E-state index is 13.7. The van der Waals surface area contributed by atoms with E-state index < -0.39 is 0 Å². The minimum absolute atomic E-state index is 0.0602. The van der Waals surface area contributed by atoms with Crippen molar-refractivity contribution in [3.63, 3.8) is 0 Å². The Hall–Kier alpha value is -4.08. The number of benzene rings is 4. The monoisotopic (exact) mass is 446 g/mol. The van der Waals surface area contributed by atoms with Crippen LogP contribution in [0, 0.1) is 0 Å². The van der Waals surface area contributed by atoms with Crippen LogP contribution in [0.3, 0.4) is 0 Å². The number of hydrogen-bond donors (Lipinski definition) is 0. The van der Waals surface area contributed by atoms with Crippen molar-refractivity contribution in [1.82, 2.24) is 4.57 Å². The van der Waals surface area contributed by atoms with Gasteiger partial charge in [0.25, 0.3) is 5.91 Å². The molecule has 6 rings (SSSR count). The van der Waals surface area contributed by atoms with Gasteiger partial charge in [-0.15, -0.1) is 0 Å². The van der Waals surface area contributed by atoms with Gasteiger partial charge in [0.2, 0.25) is 0 Å². The predicted octanol–water partition coefficient (Wildman–Crippen LogP) is 7.50. The summed E-state index contributed by atoms with van der Waals surface area (Å²) in [5.41, 5.74) is 6.07. The zero-order valence-electron chi connectivity index (χ0n) is 17.7. The Balaban J connectivity index is 1.58. The molecule has 4 aromatic carbocycles. The normalized spacial score (nSPS) is 14.3. The lowest BCUT2D eigenvalue weighted by molar-refractivity contribution is -0.112. The summed E-state index contributed by atoms with van der Waals surface area (Å²) in [5, 5.41) is 1.58. The minimum Gasteiger partial charge on any atom is -0.300 e. The van der Waals surface area contributed by atoms with Gasteiger partial charge >= 0.3 is 0 Å². The number of hydrogen-bond acceptors (Lipinski definition) is 1. The molecule has 0 atom stereocenters. The van der Waals surface area contributed by atoms with E-state index in [1.807, 2.05) is 114 Å². The van der Waals surface area contributed by atoms with Crippen molar-refractivity contribution in [1.29, 1.82) is 0 Å². The number of aromatic nitrogens is 1. The molecule has 2 heterocycles. The van der Waals surface area contributed by atoms with Crippen LogP contribution in [0.1, 0.15) is 11.1 Å². The summed E-state index contributed by atoms with van der Waals surface area (Å²) in [6.07, 6.45) is 1.94. The Morgan fingerprint density at radius 2 is 1.27 bits per heavy atom. The van der Waals surface area contributed by atoms with Gasteiger partial charge in [-0.05, 0) is 42.5 Å². The molecule has 5 aromatic rings. The maximum atomic E-state index is 13.7. The number of fused-ring (bicyclic) bond motifs is 2. The Labute approximate surface area is 196 Å². The van der Waals surface area contributed by atoms with Crippen molar-refractivity contribution >= 4 is 51.4 Å². The second kappa shape index (κ2) is 7.80. The largest absolute Gasteiger partial charge is 0.300 e. The van der Waals surface area contributed by atoms with E-state index in [0.717, 1.165) is 39.1 Å².